The first-order valence-electron chi connectivity index (χ1n) is 11.8. The van der Waals surface area contributed by atoms with Crippen molar-refractivity contribution in [3.05, 3.63) is 35.9 Å². The number of carboxylic acid groups (broad SMARTS) is 1. The largest absolute Gasteiger partial charge is 0.464 e. The molecule has 0 fully saturated rings. The highest BCUT2D eigenvalue weighted by Crippen LogP contribution is 2.42. The van der Waals surface area contributed by atoms with Crippen LogP contribution >= 0.6 is 10.7 Å². The Labute approximate surface area is 193 Å². The zero-order chi connectivity index (χ0) is 23.2. The molecule has 1 aromatic rings. The van der Waals surface area contributed by atoms with Gasteiger partial charge in [0.2, 0.25) is 0 Å². The van der Waals surface area contributed by atoms with Gasteiger partial charge in [-0.1, -0.05) is 121 Å². The smallest absolute Gasteiger partial charge is 0.422 e. The number of hydrogen-bond donors (Lipinski definition) is 1. The van der Waals surface area contributed by atoms with Crippen LogP contribution in [0.15, 0.2) is 30.3 Å². The first kappa shape index (κ1) is 27.8. The van der Waals surface area contributed by atoms with E-state index >= 15 is 0 Å². The molecule has 0 saturated carbocycles. The van der Waals surface area contributed by atoms with E-state index in [9.17, 15) is 18.3 Å². The zero-order valence-electron chi connectivity index (χ0n) is 19.2. The molecule has 0 aromatic heterocycles. The second-order valence-corrected chi connectivity index (χ2v) is 10.8. The fourth-order valence-electron chi connectivity index (χ4n) is 4.36. The van der Waals surface area contributed by atoms with Gasteiger partial charge in [-0.25, -0.2) is 4.79 Å². The molecule has 0 atom stereocenters. The van der Waals surface area contributed by atoms with Crippen molar-refractivity contribution in [2.75, 3.05) is 0 Å². The Morgan fingerprint density at radius 1 is 0.839 bits per heavy atom. The Balaban J connectivity index is 3.17. The zero-order valence-corrected chi connectivity index (χ0v) is 20.8. The molecule has 178 valence electrons. The van der Waals surface area contributed by atoms with Crippen molar-refractivity contribution >= 4 is 26.0 Å². The third-order valence-corrected chi connectivity index (χ3v) is 7.34. The highest BCUT2D eigenvalue weighted by molar-refractivity contribution is 8.12. The van der Waals surface area contributed by atoms with Crippen molar-refractivity contribution in [2.45, 2.75) is 109 Å². The summed E-state index contributed by atoms with van der Waals surface area (Å²) in [4.78, 5) is 12.2. The normalized spacial score (nSPS) is 12.1. The third kappa shape index (κ3) is 9.40. The van der Waals surface area contributed by atoms with Crippen molar-refractivity contribution in [2.24, 2.45) is 0 Å². The molecule has 1 amide bonds. The molecule has 0 aliphatic heterocycles. The van der Waals surface area contributed by atoms with E-state index in [1.165, 1.54) is 12.8 Å². The van der Waals surface area contributed by atoms with E-state index in [1.54, 1.807) is 0 Å². The van der Waals surface area contributed by atoms with E-state index in [0.717, 1.165) is 64.2 Å². The Morgan fingerprint density at radius 2 is 1.26 bits per heavy atom. The van der Waals surface area contributed by atoms with Crippen molar-refractivity contribution in [3.8, 4) is 0 Å². The van der Waals surface area contributed by atoms with E-state index in [0.29, 0.717) is 22.7 Å². The standard InChI is InChI=1S/C24H40ClNO4S/c1-3-5-7-9-11-16-20-24(22-18-14-13-15-19-22,21-17-12-10-8-6-4-2)26(23(27)28)31(25,29)30/h13-15,18-19H,3-12,16-17,20-21H2,1-2H3,(H,27,28). The molecule has 7 heteroatoms. The van der Waals surface area contributed by atoms with Crippen LogP contribution in [-0.4, -0.2) is 23.9 Å². The Hall–Kier alpha value is -1.27. The molecule has 5 nitrogen and oxygen atoms in total. The van der Waals surface area contributed by atoms with Gasteiger partial charge in [0.25, 0.3) is 0 Å². The fraction of sp³-hybridized carbons (Fsp3) is 0.708. The van der Waals surface area contributed by atoms with Gasteiger partial charge in [-0.05, 0) is 18.4 Å². The number of nitrogens with zero attached hydrogens (tertiary/aromatic N) is 1. The number of unbranched alkanes of at least 4 members (excludes halogenated alkanes) is 10. The summed E-state index contributed by atoms with van der Waals surface area (Å²) in [5.41, 5.74) is -0.479. The maximum atomic E-state index is 12.5. The molecule has 0 aliphatic carbocycles. The Bertz CT molecular complexity index is 708. The highest BCUT2D eigenvalue weighted by atomic mass is 35.7. The van der Waals surface area contributed by atoms with Crippen LogP contribution in [0, 0.1) is 0 Å². The second kappa shape index (κ2) is 14.7. The van der Waals surface area contributed by atoms with Gasteiger partial charge in [0.1, 0.15) is 0 Å². The van der Waals surface area contributed by atoms with Crippen LogP contribution in [0.3, 0.4) is 0 Å². The predicted octanol–water partition coefficient (Wildman–Crippen LogP) is 7.85. The van der Waals surface area contributed by atoms with Crippen molar-refractivity contribution in [3.63, 3.8) is 0 Å². The molecule has 1 aromatic carbocycles. The van der Waals surface area contributed by atoms with Crippen LogP contribution in [0.2, 0.25) is 0 Å². The van der Waals surface area contributed by atoms with Crippen molar-refractivity contribution in [1.29, 1.82) is 0 Å². The average Bonchev–Trinajstić information content (AvgIpc) is 2.72. The summed E-state index contributed by atoms with van der Waals surface area (Å²) in [5.74, 6) is 0. The lowest BCUT2D eigenvalue weighted by Crippen LogP contribution is -2.50. The molecular weight excluding hydrogens is 434 g/mol. The second-order valence-electron chi connectivity index (χ2n) is 8.42. The molecular formula is C24H40ClNO4S. The summed E-state index contributed by atoms with van der Waals surface area (Å²) in [7, 11) is 1.24. The lowest BCUT2D eigenvalue weighted by atomic mass is 9.80. The fourth-order valence-corrected chi connectivity index (χ4v) is 5.83. The van der Waals surface area contributed by atoms with Gasteiger partial charge in [0.15, 0.2) is 0 Å². The molecule has 1 rings (SSSR count). The Kier molecular flexibility index (Phi) is 13.2. The molecule has 1 N–H and O–H groups in total. The molecule has 31 heavy (non-hydrogen) atoms. The van der Waals surface area contributed by atoms with E-state index in [4.69, 9.17) is 10.7 Å². The maximum absolute atomic E-state index is 12.5. The minimum absolute atomic E-state index is 0.441. The van der Waals surface area contributed by atoms with Crippen LogP contribution in [0.25, 0.3) is 0 Å². The first-order chi connectivity index (χ1) is 14.8. The minimum Gasteiger partial charge on any atom is -0.464 e. The highest BCUT2D eigenvalue weighted by Gasteiger charge is 2.47. The summed E-state index contributed by atoms with van der Waals surface area (Å²) in [6.45, 7) is 4.33. The molecule has 0 saturated heterocycles. The van der Waals surface area contributed by atoms with Crippen molar-refractivity contribution in [1.82, 2.24) is 4.31 Å². The third-order valence-electron chi connectivity index (χ3n) is 5.98. The lowest BCUT2D eigenvalue weighted by molar-refractivity contribution is 0.113. The molecule has 0 radical (unpaired) electrons. The van der Waals surface area contributed by atoms with Crippen LogP contribution in [0.1, 0.15) is 109 Å². The lowest BCUT2D eigenvalue weighted by Gasteiger charge is -2.41. The van der Waals surface area contributed by atoms with Gasteiger partial charge in [-0.15, -0.1) is 0 Å². The maximum Gasteiger partial charge on any atom is 0.422 e. The van der Waals surface area contributed by atoms with E-state index in [1.807, 2.05) is 30.3 Å². The van der Waals surface area contributed by atoms with Crippen LogP contribution in [0.4, 0.5) is 4.79 Å². The number of amides is 1. The van der Waals surface area contributed by atoms with Gasteiger partial charge in [0, 0.05) is 10.7 Å². The molecule has 0 spiro atoms. The number of rotatable bonds is 17. The average molecular weight is 474 g/mol. The topological polar surface area (TPSA) is 74.7 Å². The van der Waals surface area contributed by atoms with E-state index < -0.39 is 20.9 Å². The van der Waals surface area contributed by atoms with Crippen LogP contribution in [-0.2, 0) is 14.8 Å². The van der Waals surface area contributed by atoms with Gasteiger partial charge in [-0.2, -0.15) is 12.7 Å². The molecule has 0 heterocycles. The number of benzene rings is 1. The van der Waals surface area contributed by atoms with Crippen molar-refractivity contribution < 1.29 is 18.3 Å². The number of halogens is 1. The van der Waals surface area contributed by atoms with Gasteiger partial charge in [0.05, 0.1) is 5.54 Å². The molecule has 0 unspecified atom stereocenters. The van der Waals surface area contributed by atoms with E-state index in [-0.39, 0.29) is 0 Å². The van der Waals surface area contributed by atoms with Gasteiger partial charge >= 0.3 is 15.3 Å². The summed E-state index contributed by atoms with van der Waals surface area (Å²) >= 11 is 0. The first-order valence-corrected chi connectivity index (χ1v) is 14.1. The quantitative estimate of drug-likeness (QED) is 0.184. The predicted molar refractivity (Wildman–Crippen MR) is 129 cm³/mol. The monoisotopic (exact) mass is 473 g/mol. The minimum atomic E-state index is -4.47. The summed E-state index contributed by atoms with van der Waals surface area (Å²) in [6.07, 6.45) is 11.8. The number of hydrogen-bond acceptors (Lipinski definition) is 3. The van der Waals surface area contributed by atoms with Crippen LogP contribution in [0.5, 0.6) is 0 Å². The number of carbonyl (C=O) groups is 1. The summed E-state index contributed by atoms with van der Waals surface area (Å²) in [5, 5.41) is 9.91. The summed E-state index contributed by atoms with van der Waals surface area (Å²) in [6, 6.07) is 9.16. The SMILES string of the molecule is CCCCCCCCC(CCCCCCCC)(c1ccccc1)N(C(=O)O)S(=O)(=O)Cl. The van der Waals surface area contributed by atoms with Gasteiger partial charge < -0.3 is 5.11 Å². The van der Waals surface area contributed by atoms with E-state index in [2.05, 4.69) is 13.8 Å². The molecule has 0 aliphatic rings. The Morgan fingerprint density at radius 3 is 1.65 bits per heavy atom. The van der Waals surface area contributed by atoms with Crippen LogP contribution < -0.4 is 0 Å². The summed E-state index contributed by atoms with van der Waals surface area (Å²) < 4.78 is 25.4. The molecule has 0 bridgehead atoms. The van der Waals surface area contributed by atoms with Gasteiger partial charge in [-0.3, -0.25) is 0 Å².